The zero-order chi connectivity index (χ0) is 14.4. The highest BCUT2D eigenvalue weighted by Crippen LogP contribution is 2.11. The van der Waals surface area contributed by atoms with E-state index in [1.807, 2.05) is 18.2 Å². The van der Waals surface area contributed by atoms with Crippen LogP contribution in [0.1, 0.15) is 18.1 Å². The van der Waals surface area contributed by atoms with E-state index in [0.717, 1.165) is 12.0 Å². The lowest BCUT2D eigenvalue weighted by Crippen LogP contribution is -2.03. The van der Waals surface area contributed by atoms with E-state index in [0.29, 0.717) is 0 Å². The van der Waals surface area contributed by atoms with Gasteiger partial charge in [-0.15, -0.1) is 0 Å². The maximum Gasteiger partial charge on any atom is 0.269 e. The molecule has 20 heavy (non-hydrogen) atoms. The Kier molecular flexibility index (Phi) is 4.60. The van der Waals surface area contributed by atoms with E-state index in [1.54, 1.807) is 18.3 Å². The molecule has 0 aliphatic heterocycles. The summed E-state index contributed by atoms with van der Waals surface area (Å²) in [5, 5.41) is 10.6. The minimum Gasteiger partial charge on any atom is -0.289 e. The Labute approximate surface area is 117 Å². The average molecular weight is 268 g/mol. The van der Waals surface area contributed by atoms with E-state index in [2.05, 4.69) is 24.0 Å². The average Bonchev–Trinajstić information content (AvgIpc) is 2.46. The molecule has 1 atom stereocenters. The number of rotatable bonds is 5. The summed E-state index contributed by atoms with van der Waals surface area (Å²) in [6.07, 6.45) is 2.64. The predicted octanol–water partition coefficient (Wildman–Crippen LogP) is 3.64. The number of hydrogen-bond acceptors (Lipinski definition) is 3. The van der Waals surface area contributed by atoms with Gasteiger partial charge >= 0.3 is 0 Å². The molecule has 0 heterocycles. The second-order valence-corrected chi connectivity index (χ2v) is 4.67. The first-order valence-corrected chi connectivity index (χ1v) is 6.47. The SMILES string of the molecule is C[C@@H](Cc1ccccc1)N=Cc1ccc([N+](=O)[O-])cc1. The van der Waals surface area contributed by atoms with E-state index in [1.165, 1.54) is 17.7 Å². The van der Waals surface area contributed by atoms with Crippen molar-refractivity contribution in [1.82, 2.24) is 0 Å². The summed E-state index contributed by atoms with van der Waals surface area (Å²) in [5.41, 5.74) is 2.22. The van der Waals surface area contributed by atoms with Gasteiger partial charge in [0.25, 0.3) is 5.69 Å². The second kappa shape index (κ2) is 6.61. The predicted molar refractivity (Wildman–Crippen MR) is 80.3 cm³/mol. The Hall–Kier alpha value is -2.49. The van der Waals surface area contributed by atoms with Gasteiger partial charge in [-0.25, -0.2) is 0 Å². The molecule has 0 bridgehead atoms. The minimum atomic E-state index is -0.404. The number of benzene rings is 2. The number of non-ortho nitro benzene ring substituents is 1. The molecular formula is C16H16N2O2. The number of nitro groups is 1. The quantitative estimate of drug-likeness (QED) is 0.472. The van der Waals surface area contributed by atoms with Gasteiger partial charge in [0, 0.05) is 18.3 Å². The van der Waals surface area contributed by atoms with Crippen molar-refractivity contribution in [2.75, 3.05) is 0 Å². The highest BCUT2D eigenvalue weighted by molar-refractivity contribution is 5.80. The maximum atomic E-state index is 10.6. The van der Waals surface area contributed by atoms with Crippen molar-refractivity contribution < 1.29 is 4.92 Å². The van der Waals surface area contributed by atoms with E-state index in [4.69, 9.17) is 0 Å². The number of aliphatic imine (C=N–C) groups is 1. The zero-order valence-electron chi connectivity index (χ0n) is 11.3. The van der Waals surface area contributed by atoms with Gasteiger partial charge in [-0.3, -0.25) is 15.1 Å². The fraction of sp³-hybridized carbons (Fsp3) is 0.188. The van der Waals surface area contributed by atoms with Crippen LogP contribution in [0.2, 0.25) is 0 Å². The van der Waals surface area contributed by atoms with Crippen molar-refractivity contribution in [3.05, 3.63) is 75.8 Å². The summed E-state index contributed by atoms with van der Waals surface area (Å²) in [6, 6.07) is 16.8. The van der Waals surface area contributed by atoms with Crippen molar-refractivity contribution in [2.45, 2.75) is 19.4 Å². The van der Waals surface area contributed by atoms with E-state index in [-0.39, 0.29) is 11.7 Å². The molecule has 4 heteroatoms. The van der Waals surface area contributed by atoms with Crippen molar-refractivity contribution in [3.63, 3.8) is 0 Å². The van der Waals surface area contributed by atoms with E-state index in [9.17, 15) is 10.1 Å². The molecule has 0 spiro atoms. The first-order valence-electron chi connectivity index (χ1n) is 6.47. The second-order valence-electron chi connectivity index (χ2n) is 4.67. The van der Waals surface area contributed by atoms with Crippen LogP contribution in [-0.4, -0.2) is 17.2 Å². The molecule has 2 aromatic carbocycles. The molecule has 4 nitrogen and oxygen atoms in total. The summed E-state index contributed by atoms with van der Waals surface area (Å²) < 4.78 is 0. The summed E-state index contributed by atoms with van der Waals surface area (Å²) in [5.74, 6) is 0. The lowest BCUT2D eigenvalue weighted by atomic mass is 10.1. The monoisotopic (exact) mass is 268 g/mol. The third-order valence-corrected chi connectivity index (χ3v) is 2.96. The molecule has 0 aliphatic carbocycles. The first kappa shape index (κ1) is 13.9. The molecule has 0 saturated carbocycles. The van der Waals surface area contributed by atoms with Gasteiger partial charge in [0.1, 0.15) is 0 Å². The number of nitro benzene ring substituents is 1. The molecule has 0 unspecified atom stereocenters. The standard InChI is InChI=1S/C16H16N2O2/c1-13(11-14-5-3-2-4-6-14)17-12-15-7-9-16(10-8-15)18(19)20/h2-10,12-13H,11H2,1H3/t13-/m0/s1. The van der Waals surface area contributed by atoms with Crippen LogP contribution in [-0.2, 0) is 6.42 Å². The fourth-order valence-electron chi connectivity index (χ4n) is 1.90. The third kappa shape index (κ3) is 4.02. The fourth-order valence-corrected chi connectivity index (χ4v) is 1.90. The van der Waals surface area contributed by atoms with Crippen LogP contribution >= 0.6 is 0 Å². The first-order chi connectivity index (χ1) is 9.65. The van der Waals surface area contributed by atoms with Crippen molar-refractivity contribution in [3.8, 4) is 0 Å². The number of hydrogen-bond donors (Lipinski definition) is 0. The Balaban J connectivity index is 1.96. The largest absolute Gasteiger partial charge is 0.289 e. The highest BCUT2D eigenvalue weighted by atomic mass is 16.6. The Morgan fingerprint density at radius 3 is 2.40 bits per heavy atom. The zero-order valence-corrected chi connectivity index (χ0v) is 11.3. The highest BCUT2D eigenvalue weighted by Gasteiger charge is 2.03. The lowest BCUT2D eigenvalue weighted by Gasteiger charge is -2.05. The van der Waals surface area contributed by atoms with Crippen LogP contribution in [0.4, 0.5) is 5.69 Å². The maximum absolute atomic E-state index is 10.6. The van der Waals surface area contributed by atoms with Crippen LogP contribution in [0.25, 0.3) is 0 Å². The molecule has 0 saturated heterocycles. The van der Waals surface area contributed by atoms with E-state index < -0.39 is 4.92 Å². The number of nitrogens with zero attached hydrogens (tertiary/aromatic N) is 2. The molecular weight excluding hydrogens is 252 g/mol. The Morgan fingerprint density at radius 2 is 1.80 bits per heavy atom. The van der Waals surface area contributed by atoms with Crippen LogP contribution in [0.5, 0.6) is 0 Å². The Morgan fingerprint density at radius 1 is 1.15 bits per heavy atom. The molecule has 0 aromatic heterocycles. The van der Waals surface area contributed by atoms with Gasteiger partial charge in [0.15, 0.2) is 0 Å². The molecule has 102 valence electrons. The smallest absolute Gasteiger partial charge is 0.269 e. The van der Waals surface area contributed by atoms with Gasteiger partial charge < -0.3 is 0 Å². The van der Waals surface area contributed by atoms with Gasteiger partial charge in [0.05, 0.1) is 11.0 Å². The molecule has 2 aromatic rings. The molecule has 2 rings (SSSR count). The van der Waals surface area contributed by atoms with Crippen molar-refractivity contribution in [1.29, 1.82) is 0 Å². The third-order valence-electron chi connectivity index (χ3n) is 2.96. The topological polar surface area (TPSA) is 55.5 Å². The molecule has 0 N–H and O–H groups in total. The van der Waals surface area contributed by atoms with Crippen molar-refractivity contribution in [2.24, 2.45) is 4.99 Å². The summed E-state index contributed by atoms with van der Waals surface area (Å²) in [7, 11) is 0. The summed E-state index contributed by atoms with van der Waals surface area (Å²) in [4.78, 5) is 14.6. The van der Waals surface area contributed by atoms with Gasteiger partial charge in [-0.1, -0.05) is 30.3 Å². The normalized spacial score (nSPS) is 12.4. The summed E-state index contributed by atoms with van der Waals surface area (Å²) >= 11 is 0. The van der Waals surface area contributed by atoms with Gasteiger partial charge in [-0.2, -0.15) is 0 Å². The van der Waals surface area contributed by atoms with Crippen LogP contribution < -0.4 is 0 Å². The Bertz CT molecular complexity index is 592. The molecule has 0 amide bonds. The molecule has 0 fully saturated rings. The van der Waals surface area contributed by atoms with Crippen molar-refractivity contribution >= 4 is 11.9 Å². The molecule has 0 radical (unpaired) electrons. The van der Waals surface area contributed by atoms with Crippen LogP contribution in [0, 0.1) is 10.1 Å². The lowest BCUT2D eigenvalue weighted by molar-refractivity contribution is -0.384. The summed E-state index contributed by atoms with van der Waals surface area (Å²) in [6.45, 7) is 2.05. The van der Waals surface area contributed by atoms with Crippen LogP contribution in [0.3, 0.4) is 0 Å². The molecule has 0 aliphatic rings. The van der Waals surface area contributed by atoms with Gasteiger partial charge in [0.2, 0.25) is 0 Å². The van der Waals surface area contributed by atoms with Gasteiger partial charge in [-0.05, 0) is 36.6 Å². The minimum absolute atomic E-state index is 0.0967. The van der Waals surface area contributed by atoms with E-state index >= 15 is 0 Å². The van der Waals surface area contributed by atoms with Crippen LogP contribution in [0.15, 0.2) is 59.6 Å².